The van der Waals surface area contributed by atoms with E-state index in [1.165, 1.54) is 0 Å². The van der Waals surface area contributed by atoms with E-state index in [1.54, 1.807) is 0 Å². The van der Waals surface area contributed by atoms with Gasteiger partial charge in [0.15, 0.2) is 0 Å². The Morgan fingerprint density at radius 2 is 1.09 bits per heavy atom. The van der Waals surface area contributed by atoms with Gasteiger partial charge in [-0.1, -0.05) is 0 Å². The quantitative estimate of drug-likeness (QED) is 0.304. The maximum absolute atomic E-state index is 8.88. The van der Waals surface area contributed by atoms with Crippen LogP contribution in [-0.2, 0) is 48.9 Å². The Bertz CT molecular complexity index is 127. The minimum atomic E-state index is -4.64. The monoisotopic (exact) mass is 288 g/mol. The molecule has 11 heteroatoms. The van der Waals surface area contributed by atoms with Crippen molar-refractivity contribution in [1.82, 2.24) is 0 Å². The molecule has 0 atom stereocenters. The molecule has 0 fully saturated rings. The number of hydrogen-bond donors (Lipinski definition) is 3. The summed E-state index contributed by atoms with van der Waals surface area (Å²) in [5, 5.41) is 0. The Hall–Kier alpha value is 1.65. The predicted molar refractivity (Wildman–Crippen MR) is 16.3 cm³/mol. The molecular formula is H3MnNaO7PZn+. The molecule has 0 aliphatic heterocycles. The summed E-state index contributed by atoms with van der Waals surface area (Å²) in [6.07, 6.45) is 0. The summed E-state index contributed by atoms with van der Waals surface area (Å²) in [5.74, 6) is 0. The van der Waals surface area contributed by atoms with Gasteiger partial charge in [0.2, 0.25) is 0 Å². The molecule has 0 saturated carbocycles. The van der Waals surface area contributed by atoms with Crippen LogP contribution in [0.4, 0.5) is 0 Å². The fraction of sp³-hybridized carbons (Fsp3) is 0. The van der Waals surface area contributed by atoms with Gasteiger partial charge in [-0.3, -0.25) is 0 Å². The summed E-state index contributed by atoms with van der Waals surface area (Å²) in [5.41, 5.74) is 0. The molecule has 59 valence electrons. The van der Waals surface area contributed by atoms with Crippen LogP contribution in [0, 0.1) is 0 Å². The molecule has 3 N–H and O–H groups in total. The standard InChI is InChI=1S/Mn.Na.H3O4P.3O.Zn/c;;1-5(2,3)4;;;;/h;;(H3,1,2,3,4);;;;/q;+1;;;;;. The van der Waals surface area contributed by atoms with Crippen LogP contribution in [0.1, 0.15) is 0 Å². The van der Waals surface area contributed by atoms with E-state index in [0.717, 1.165) is 0 Å². The second-order valence-corrected chi connectivity index (χ2v) is 1.80. The molecule has 0 rings (SSSR count). The van der Waals surface area contributed by atoms with Gasteiger partial charge in [-0.05, 0) is 0 Å². The van der Waals surface area contributed by atoms with E-state index < -0.39 is 22.6 Å². The molecule has 0 unspecified atom stereocenters. The van der Waals surface area contributed by atoms with E-state index in [9.17, 15) is 0 Å². The van der Waals surface area contributed by atoms with Crippen LogP contribution < -0.4 is 29.6 Å². The molecule has 0 aromatic heterocycles. The fourth-order valence-corrected chi connectivity index (χ4v) is 0. The van der Waals surface area contributed by atoms with Gasteiger partial charge in [-0.15, -0.1) is 0 Å². The summed E-state index contributed by atoms with van der Waals surface area (Å²) >= 11 is -1.31. The maximum atomic E-state index is 8.88. The van der Waals surface area contributed by atoms with Gasteiger partial charge in [0.05, 0.1) is 0 Å². The van der Waals surface area contributed by atoms with Gasteiger partial charge in [0.1, 0.15) is 0 Å². The first kappa shape index (κ1) is 22.9. The van der Waals surface area contributed by atoms with Gasteiger partial charge >= 0.3 is 81.7 Å². The second-order valence-electron chi connectivity index (χ2n) is 0.576. The van der Waals surface area contributed by atoms with E-state index in [2.05, 4.69) is 0 Å². The van der Waals surface area contributed by atoms with Crippen molar-refractivity contribution in [2.24, 2.45) is 0 Å². The second kappa shape index (κ2) is 17.7. The summed E-state index contributed by atoms with van der Waals surface area (Å²) in [6.45, 7) is 0. The molecule has 0 bridgehead atoms. The van der Waals surface area contributed by atoms with Crippen molar-refractivity contribution in [3.05, 3.63) is 0 Å². The Kier molecular flexibility index (Phi) is 36.8. The number of hydrogen-bond acceptors (Lipinski definition) is 4. The Morgan fingerprint density at radius 1 is 1.09 bits per heavy atom. The first-order valence-corrected chi connectivity index (χ1v) is 5.12. The molecule has 0 spiro atoms. The zero-order chi connectivity index (χ0) is 9.21. The van der Waals surface area contributed by atoms with E-state index in [1.807, 2.05) is 0 Å². The zero-order valence-corrected chi connectivity index (χ0v) is 12.5. The molecule has 0 aromatic rings. The average molecular weight is 289 g/mol. The number of phosphoric acid groups is 1. The predicted octanol–water partition coefficient (Wildman–Crippen LogP) is -4.29. The van der Waals surface area contributed by atoms with Gasteiger partial charge in [-0.2, -0.15) is 0 Å². The third-order valence-electron chi connectivity index (χ3n) is 0. The first-order chi connectivity index (χ1) is 4.41. The van der Waals surface area contributed by atoms with Gasteiger partial charge in [0, 0.05) is 0 Å². The molecule has 0 amide bonds. The van der Waals surface area contributed by atoms with Crippen LogP contribution in [0.3, 0.4) is 0 Å². The molecule has 11 heavy (non-hydrogen) atoms. The normalized spacial score (nSPS) is 7.00. The topological polar surface area (TPSA) is 129 Å². The van der Waals surface area contributed by atoms with Gasteiger partial charge in [0.25, 0.3) is 0 Å². The molecule has 0 saturated heterocycles. The third-order valence-corrected chi connectivity index (χ3v) is 0. The van der Waals surface area contributed by atoms with Crippen LogP contribution in [0.2, 0.25) is 0 Å². The molecule has 7 nitrogen and oxygen atoms in total. The SMILES string of the molecule is O=P(O)(O)O.[Na+].[O]=[Mn]=[O].[O]=[Zn]. The summed E-state index contributed by atoms with van der Waals surface area (Å²) in [4.78, 5) is 21.6. The Balaban J connectivity index is -0.0000000360. The van der Waals surface area contributed by atoms with Crippen LogP contribution in [0.15, 0.2) is 0 Å². The van der Waals surface area contributed by atoms with Crippen LogP contribution in [0.25, 0.3) is 0 Å². The molecule has 0 aliphatic rings. The van der Waals surface area contributed by atoms with Gasteiger partial charge in [-0.25, -0.2) is 4.57 Å². The van der Waals surface area contributed by atoms with Crippen LogP contribution in [0.5, 0.6) is 0 Å². The molecule has 0 heterocycles. The minimum absolute atomic E-state index is 0. The number of rotatable bonds is 0. The third kappa shape index (κ3) is 397. The first-order valence-electron chi connectivity index (χ1n) is 1.38. The van der Waals surface area contributed by atoms with E-state index in [4.69, 9.17) is 30.5 Å². The van der Waals surface area contributed by atoms with E-state index in [-0.39, 0.29) is 47.8 Å². The van der Waals surface area contributed by atoms with Crippen molar-refractivity contribution >= 4 is 7.82 Å². The van der Waals surface area contributed by atoms with Crippen molar-refractivity contribution in [1.29, 1.82) is 0 Å². The molecule has 0 radical (unpaired) electrons. The van der Waals surface area contributed by atoms with Crippen molar-refractivity contribution in [2.45, 2.75) is 0 Å². The summed E-state index contributed by atoms with van der Waals surface area (Å²) in [7, 11) is -4.64. The molecule has 0 aromatic carbocycles. The average Bonchev–Trinajstić information content (AvgIpc) is 1.68. The van der Waals surface area contributed by atoms with Crippen molar-refractivity contribution in [3.8, 4) is 0 Å². The summed E-state index contributed by atoms with van der Waals surface area (Å²) < 4.78 is 34.1. The van der Waals surface area contributed by atoms with Crippen LogP contribution >= 0.6 is 7.82 Å². The van der Waals surface area contributed by atoms with Gasteiger partial charge < -0.3 is 14.7 Å². The van der Waals surface area contributed by atoms with Crippen molar-refractivity contribution in [3.63, 3.8) is 0 Å². The van der Waals surface area contributed by atoms with Crippen LogP contribution in [-0.4, -0.2) is 14.7 Å². The molecule has 0 aliphatic carbocycles. The van der Waals surface area contributed by atoms with E-state index in [0.29, 0.717) is 0 Å². The Morgan fingerprint density at radius 3 is 1.09 bits per heavy atom. The fourth-order valence-electron chi connectivity index (χ4n) is 0. The van der Waals surface area contributed by atoms with Crippen molar-refractivity contribution < 1.29 is 93.1 Å². The van der Waals surface area contributed by atoms with E-state index >= 15 is 0 Å². The Labute approximate surface area is 100.0 Å². The van der Waals surface area contributed by atoms with Crippen molar-refractivity contribution in [2.75, 3.05) is 0 Å². The zero-order valence-electron chi connectivity index (χ0n) is 5.51. The molecular weight excluding hydrogens is 286 g/mol. The summed E-state index contributed by atoms with van der Waals surface area (Å²) in [6, 6.07) is 0.